The number of benzene rings is 2. The first-order valence-corrected chi connectivity index (χ1v) is 10.2. The van der Waals surface area contributed by atoms with Crippen molar-refractivity contribution in [3.8, 4) is 5.75 Å². The van der Waals surface area contributed by atoms with Crippen LogP contribution in [0.4, 0.5) is 10.1 Å². The summed E-state index contributed by atoms with van der Waals surface area (Å²) in [5.41, 5.74) is 1.04. The van der Waals surface area contributed by atoms with Gasteiger partial charge in [0.2, 0.25) is 5.91 Å². The first-order chi connectivity index (χ1) is 14.4. The molecule has 6 nitrogen and oxygen atoms in total. The second kappa shape index (κ2) is 10.2. The fourth-order valence-electron chi connectivity index (χ4n) is 3.24. The molecule has 160 valence electrons. The SMILES string of the molecule is CC(C)COc1cccc(C(=O)N2CCN(CC(=O)Nc3cccc(F)c3)CC2)c1. The molecule has 1 saturated heterocycles. The summed E-state index contributed by atoms with van der Waals surface area (Å²) in [6, 6.07) is 13.1. The largest absolute Gasteiger partial charge is 0.493 e. The van der Waals surface area contributed by atoms with Crippen LogP contribution in [0.5, 0.6) is 5.75 Å². The first kappa shape index (κ1) is 21.8. The second-order valence-corrected chi connectivity index (χ2v) is 7.86. The zero-order valence-electron chi connectivity index (χ0n) is 17.4. The van der Waals surface area contributed by atoms with Gasteiger partial charge in [0.05, 0.1) is 13.2 Å². The molecule has 2 aromatic rings. The van der Waals surface area contributed by atoms with Gasteiger partial charge in [0.1, 0.15) is 11.6 Å². The predicted molar refractivity (Wildman–Crippen MR) is 114 cm³/mol. The number of hydrogen-bond acceptors (Lipinski definition) is 4. The lowest BCUT2D eigenvalue weighted by Gasteiger charge is -2.34. The van der Waals surface area contributed by atoms with Crippen LogP contribution in [0.25, 0.3) is 0 Å². The minimum Gasteiger partial charge on any atom is -0.493 e. The van der Waals surface area contributed by atoms with Crippen molar-refractivity contribution >= 4 is 17.5 Å². The number of anilines is 1. The number of ether oxygens (including phenoxy) is 1. The van der Waals surface area contributed by atoms with Gasteiger partial charge in [-0.2, -0.15) is 0 Å². The van der Waals surface area contributed by atoms with Crippen LogP contribution in [0.15, 0.2) is 48.5 Å². The summed E-state index contributed by atoms with van der Waals surface area (Å²) in [7, 11) is 0. The van der Waals surface area contributed by atoms with Crippen LogP contribution in [-0.2, 0) is 4.79 Å². The molecule has 3 rings (SSSR count). The van der Waals surface area contributed by atoms with E-state index >= 15 is 0 Å². The van der Waals surface area contributed by atoms with Crippen LogP contribution in [0, 0.1) is 11.7 Å². The Hall–Kier alpha value is -2.93. The number of carbonyl (C=O) groups is 2. The standard InChI is InChI=1S/C23H28FN3O3/c1-17(2)16-30-21-8-3-5-18(13-21)23(29)27-11-9-26(10-12-27)15-22(28)25-20-7-4-6-19(24)14-20/h3-8,13-14,17H,9-12,15-16H2,1-2H3,(H,25,28). The van der Waals surface area contributed by atoms with Crippen molar-refractivity contribution in [3.05, 3.63) is 59.9 Å². The smallest absolute Gasteiger partial charge is 0.254 e. The normalized spacial score (nSPS) is 14.6. The summed E-state index contributed by atoms with van der Waals surface area (Å²) < 4.78 is 18.9. The summed E-state index contributed by atoms with van der Waals surface area (Å²) in [6.45, 7) is 7.26. The van der Waals surface area contributed by atoms with Crippen molar-refractivity contribution in [1.29, 1.82) is 0 Å². The first-order valence-electron chi connectivity index (χ1n) is 10.2. The lowest BCUT2D eigenvalue weighted by molar-refractivity contribution is -0.117. The third kappa shape index (κ3) is 6.29. The molecule has 0 aromatic heterocycles. The highest BCUT2D eigenvalue weighted by atomic mass is 19.1. The molecule has 0 radical (unpaired) electrons. The van der Waals surface area contributed by atoms with Crippen molar-refractivity contribution in [2.24, 2.45) is 5.92 Å². The van der Waals surface area contributed by atoms with Gasteiger partial charge in [0.15, 0.2) is 0 Å². The summed E-state index contributed by atoms with van der Waals surface area (Å²) in [5, 5.41) is 2.70. The third-order valence-corrected chi connectivity index (χ3v) is 4.80. The monoisotopic (exact) mass is 413 g/mol. The van der Waals surface area contributed by atoms with Gasteiger partial charge >= 0.3 is 0 Å². The molecule has 2 aromatic carbocycles. The molecule has 2 amide bonds. The van der Waals surface area contributed by atoms with Gasteiger partial charge in [0.25, 0.3) is 5.91 Å². The topological polar surface area (TPSA) is 61.9 Å². The van der Waals surface area contributed by atoms with Crippen molar-refractivity contribution in [2.75, 3.05) is 44.6 Å². The molecule has 0 saturated carbocycles. The van der Waals surface area contributed by atoms with Gasteiger partial charge in [-0.05, 0) is 42.3 Å². The molecule has 1 aliphatic heterocycles. The predicted octanol–water partition coefficient (Wildman–Crippen LogP) is 3.26. The summed E-state index contributed by atoms with van der Waals surface area (Å²) in [5.74, 6) is 0.487. The zero-order valence-corrected chi connectivity index (χ0v) is 17.4. The van der Waals surface area contributed by atoms with Crippen LogP contribution in [0.1, 0.15) is 24.2 Å². The Labute approximate surface area is 176 Å². The third-order valence-electron chi connectivity index (χ3n) is 4.80. The maximum Gasteiger partial charge on any atom is 0.254 e. The van der Waals surface area contributed by atoms with E-state index in [1.54, 1.807) is 29.2 Å². The summed E-state index contributed by atoms with van der Waals surface area (Å²) in [6.07, 6.45) is 0. The maximum atomic E-state index is 13.2. The maximum absolute atomic E-state index is 13.2. The number of piperazine rings is 1. The molecule has 0 unspecified atom stereocenters. The Morgan fingerprint density at radius 2 is 1.80 bits per heavy atom. The Kier molecular flexibility index (Phi) is 7.41. The van der Waals surface area contributed by atoms with E-state index in [0.717, 1.165) is 0 Å². The molecule has 1 N–H and O–H groups in total. The van der Waals surface area contributed by atoms with Crippen molar-refractivity contribution in [1.82, 2.24) is 9.80 Å². The Morgan fingerprint density at radius 1 is 1.07 bits per heavy atom. The Balaban J connectivity index is 1.48. The Bertz CT molecular complexity index is 880. The molecular weight excluding hydrogens is 385 g/mol. The molecule has 0 aliphatic carbocycles. The van der Waals surface area contributed by atoms with Gasteiger partial charge in [-0.3, -0.25) is 14.5 Å². The van der Waals surface area contributed by atoms with E-state index in [1.165, 1.54) is 12.1 Å². The van der Waals surface area contributed by atoms with Crippen LogP contribution in [0.3, 0.4) is 0 Å². The quantitative estimate of drug-likeness (QED) is 0.757. The molecule has 0 spiro atoms. The molecule has 1 aliphatic rings. The lowest BCUT2D eigenvalue weighted by atomic mass is 10.1. The average Bonchev–Trinajstić information content (AvgIpc) is 2.72. The van der Waals surface area contributed by atoms with Gasteiger partial charge < -0.3 is 15.0 Å². The van der Waals surface area contributed by atoms with E-state index in [9.17, 15) is 14.0 Å². The van der Waals surface area contributed by atoms with E-state index in [1.807, 2.05) is 17.0 Å². The zero-order chi connectivity index (χ0) is 21.5. The highest BCUT2D eigenvalue weighted by Gasteiger charge is 2.23. The number of rotatable bonds is 7. The lowest BCUT2D eigenvalue weighted by Crippen LogP contribution is -2.50. The number of carbonyl (C=O) groups excluding carboxylic acids is 2. The van der Waals surface area contributed by atoms with Gasteiger partial charge in [-0.15, -0.1) is 0 Å². The molecule has 7 heteroatoms. The number of halogens is 1. The Morgan fingerprint density at radius 3 is 2.50 bits per heavy atom. The molecule has 1 fully saturated rings. The van der Waals surface area contributed by atoms with E-state index in [0.29, 0.717) is 55.7 Å². The highest BCUT2D eigenvalue weighted by molar-refractivity contribution is 5.95. The van der Waals surface area contributed by atoms with E-state index in [2.05, 4.69) is 19.2 Å². The molecule has 0 bridgehead atoms. The minimum absolute atomic E-state index is 0.0335. The highest BCUT2D eigenvalue weighted by Crippen LogP contribution is 2.17. The number of nitrogens with zero attached hydrogens (tertiary/aromatic N) is 2. The minimum atomic E-state index is -0.390. The second-order valence-electron chi connectivity index (χ2n) is 7.86. The van der Waals surface area contributed by atoms with Crippen molar-refractivity contribution in [3.63, 3.8) is 0 Å². The molecule has 30 heavy (non-hydrogen) atoms. The fourth-order valence-corrected chi connectivity index (χ4v) is 3.24. The number of hydrogen-bond donors (Lipinski definition) is 1. The molecule has 0 atom stereocenters. The number of nitrogens with one attached hydrogen (secondary N) is 1. The van der Waals surface area contributed by atoms with Gasteiger partial charge in [-0.1, -0.05) is 26.0 Å². The van der Waals surface area contributed by atoms with Crippen LogP contribution >= 0.6 is 0 Å². The van der Waals surface area contributed by atoms with Crippen LogP contribution in [0.2, 0.25) is 0 Å². The summed E-state index contributed by atoms with van der Waals surface area (Å²) in [4.78, 5) is 28.8. The average molecular weight is 413 g/mol. The van der Waals surface area contributed by atoms with Crippen molar-refractivity contribution < 1.29 is 18.7 Å². The number of amides is 2. The fraction of sp³-hybridized carbons (Fsp3) is 0.391. The van der Waals surface area contributed by atoms with E-state index < -0.39 is 5.82 Å². The van der Waals surface area contributed by atoms with E-state index in [-0.39, 0.29) is 18.4 Å². The van der Waals surface area contributed by atoms with Crippen molar-refractivity contribution in [2.45, 2.75) is 13.8 Å². The van der Waals surface area contributed by atoms with E-state index in [4.69, 9.17) is 4.74 Å². The molecular formula is C23H28FN3O3. The van der Waals surface area contributed by atoms with Gasteiger partial charge in [0, 0.05) is 37.4 Å². The van der Waals surface area contributed by atoms with Crippen LogP contribution < -0.4 is 10.1 Å². The van der Waals surface area contributed by atoms with Gasteiger partial charge in [-0.25, -0.2) is 4.39 Å². The molecule has 1 heterocycles. The van der Waals surface area contributed by atoms with Crippen LogP contribution in [-0.4, -0.2) is 60.9 Å². The summed E-state index contributed by atoms with van der Waals surface area (Å²) >= 11 is 0.